The maximum atomic E-state index is 11.8. The number of hydrogen-bond donors (Lipinski definition) is 2. The number of urea groups is 1. The van der Waals surface area contributed by atoms with E-state index in [-0.39, 0.29) is 6.03 Å². The highest BCUT2D eigenvalue weighted by atomic mass is 32.2. The molecule has 0 saturated heterocycles. The number of carbonyl (C=O) groups is 1. The molecule has 0 unspecified atom stereocenters. The summed E-state index contributed by atoms with van der Waals surface area (Å²) in [5.74, 6) is 1.41. The van der Waals surface area contributed by atoms with Crippen molar-refractivity contribution < 1.29 is 4.79 Å². The van der Waals surface area contributed by atoms with Crippen LogP contribution in [0.1, 0.15) is 25.8 Å². The highest BCUT2D eigenvalue weighted by Crippen LogP contribution is 2.22. The summed E-state index contributed by atoms with van der Waals surface area (Å²) in [4.78, 5) is 16.1. The van der Waals surface area contributed by atoms with Crippen molar-refractivity contribution in [2.45, 2.75) is 31.0 Å². The van der Waals surface area contributed by atoms with Gasteiger partial charge in [-0.2, -0.15) is 0 Å². The number of carbonyl (C=O) groups excluding carboxylic acids is 1. The van der Waals surface area contributed by atoms with Crippen LogP contribution in [-0.2, 0) is 5.75 Å². The molecular weight excluding hydrogens is 306 g/mol. The number of rotatable bonds is 7. The molecule has 0 radical (unpaired) electrons. The molecular formula is C18H23N3OS. The van der Waals surface area contributed by atoms with Crippen molar-refractivity contribution >= 4 is 23.5 Å². The molecule has 122 valence electrons. The largest absolute Gasteiger partial charge is 0.338 e. The average molecular weight is 329 g/mol. The number of hydrogen-bond acceptors (Lipinski definition) is 3. The van der Waals surface area contributed by atoms with Gasteiger partial charge < -0.3 is 10.6 Å². The molecule has 0 bridgehead atoms. The molecule has 1 heterocycles. The molecule has 1 aromatic heterocycles. The first kappa shape index (κ1) is 17.3. The van der Waals surface area contributed by atoms with Gasteiger partial charge in [0, 0.05) is 24.2 Å². The number of benzene rings is 1. The molecule has 2 amide bonds. The number of pyridine rings is 1. The minimum atomic E-state index is -0.153. The molecule has 2 rings (SSSR count). The summed E-state index contributed by atoms with van der Waals surface area (Å²) in [6.07, 6.45) is 2.77. The Morgan fingerprint density at radius 3 is 2.83 bits per heavy atom. The maximum absolute atomic E-state index is 11.8. The quantitative estimate of drug-likeness (QED) is 0.733. The Morgan fingerprint density at radius 1 is 1.22 bits per heavy atom. The zero-order valence-corrected chi connectivity index (χ0v) is 14.4. The molecule has 4 nitrogen and oxygen atoms in total. The third-order valence-corrected chi connectivity index (χ3v) is 4.23. The van der Waals surface area contributed by atoms with E-state index in [2.05, 4.69) is 35.5 Å². The number of nitrogens with one attached hydrogen (secondary N) is 2. The third kappa shape index (κ3) is 6.74. The Bertz CT molecular complexity index is 617. The number of amides is 2. The van der Waals surface area contributed by atoms with Crippen molar-refractivity contribution in [2.75, 3.05) is 11.9 Å². The number of nitrogens with zero attached hydrogens (tertiary/aromatic N) is 1. The predicted octanol–water partition coefficient (Wildman–Crippen LogP) is 4.54. The molecule has 0 spiro atoms. The number of thioether (sulfide) groups is 1. The van der Waals surface area contributed by atoms with Gasteiger partial charge in [-0.25, -0.2) is 9.78 Å². The van der Waals surface area contributed by atoms with Crippen molar-refractivity contribution in [3.8, 4) is 0 Å². The van der Waals surface area contributed by atoms with Crippen LogP contribution >= 0.6 is 11.8 Å². The second kappa shape index (κ2) is 9.20. The van der Waals surface area contributed by atoms with Crippen LogP contribution in [0.15, 0.2) is 53.7 Å². The van der Waals surface area contributed by atoms with Gasteiger partial charge in [0.25, 0.3) is 0 Å². The van der Waals surface area contributed by atoms with E-state index in [9.17, 15) is 4.79 Å². The minimum Gasteiger partial charge on any atom is -0.338 e. The van der Waals surface area contributed by atoms with Gasteiger partial charge in [-0.15, -0.1) is 11.8 Å². The lowest BCUT2D eigenvalue weighted by atomic mass is 10.1. The fourth-order valence-electron chi connectivity index (χ4n) is 1.98. The first-order valence-electron chi connectivity index (χ1n) is 7.81. The van der Waals surface area contributed by atoms with E-state index >= 15 is 0 Å². The minimum absolute atomic E-state index is 0.153. The molecule has 1 aromatic carbocycles. The predicted molar refractivity (Wildman–Crippen MR) is 96.7 cm³/mol. The molecule has 0 aliphatic heterocycles. The van der Waals surface area contributed by atoms with Gasteiger partial charge in [-0.1, -0.05) is 32.0 Å². The molecule has 23 heavy (non-hydrogen) atoms. The van der Waals surface area contributed by atoms with Crippen LogP contribution in [0.25, 0.3) is 0 Å². The van der Waals surface area contributed by atoms with Crippen molar-refractivity contribution in [3.63, 3.8) is 0 Å². The molecule has 0 fully saturated rings. The van der Waals surface area contributed by atoms with Crippen LogP contribution in [0.3, 0.4) is 0 Å². The molecule has 2 aromatic rings. The van der Waals surface area contributed by atoms with Gasteiger partial charge in [0.2, 0.25) is 0 Å². The third-order valence-electron chi connectivity index (χ3n) is 3.22. The Morgan fingerprint density at radius 2 is 2.09 bits per heavy atom. The molecule has 5 heteroatoms. The molecule has 0 aliphatic carbocycles. The Balaban J connectivity index is 1.83. The topological polar surface area (TPSA) is 54.0 Å². The normalized spacial score (nSPS) is 10.6. The highest BCUT2D eigenvalue weighted by molar-refractivity contribution is 7.98. The molecule has 0 aliphatic rings. The molecule has 0 saturated carbocycles. The van der Waals surface area contributed by atoms with Gasteiger partial charge in [-0.05, 0) is 42.2 Å². The summed E-state index contributed by atoms with van der Waals surface area (Å²) >= 11 is 1.68. The Kier molecular flexibility index (Phi) is 6.94. The zero-order valence-electron chi connectivity index (χ0n) is 13.6. The van der Waals surface area contributed by atoms with E-state index in [1.807, 2.05) is 36.4 Å². The van der Waals surface area contributed by atoms with Gasteiger partial charge in [0.15, 0.2) is 0 Å². The van der Waals surface area contributed by atoms with E-state index in [0.29, 0.717) is 12.5 Å². The zero-order chi connectivity index (χ0) is 16.5. The van der Waals surface area contributed by atoms with Crippen LogP contribution in [0.5, 0.6) is 0 Å². The smallest absolute Gasteiger partial charge is 0.319 e. The van der Waals surface area contributed by atoms with E-state index in [4.69, 9.17) is 0 Å². The summed E-state index contributed by atoms with van der Waals surface area (Å²) in [5, 5.41) is 6.75. The Labute approximate surface area is 142 Å². The summed E-state index contributed by atoms with van der Waals surface area (Å²) in [7, 11) is 0. The summed E-state index contributed by atoms with van der Waals surface area (Å²) in [6, 6.07) is 13.6. The van der Waals surface area contributed by atoms with Crippen LogP contribution in [0.2, 0.25) is 0 Å². The van der Waals surface area contributed by atoms with Crippen LogP contribution in [-0.4, -0.2) is 17.6 Å². The lowest BCUT2D eigenvalue weighted by Gasteiger charge is -2.10. The standard InChI is InChI=1S/C18H23N3OS/c1-14(2)9-11-20-18(22)21-16-7-5-6-15(12-16)13-23-17-8-3-4-10-19-17/h3-8,10,12,14H,9,11,13H2,1-2H3,(H2,20,21,22). The molecule has 0 atom stereocenters. The van der Waals surface area contributed by atoms with Crippen molar-refractivity contribution in [1.82, 2.24) is 10.3 Å². The van der Waals surface area contributed by atoms with E-state index in [1.165, 1.54) is 0 Å². The SMILES string of the molecule is CC(C)CCNC(=O)Nc1cccc(CSc2ccccn2)c1. The Hall–Kier alpha value is -2.01. The van der Waals surface area contributed by atoms with Crippen molar-refractivity contribution in [1.29, 1.82) is 0 Å². The van der Waals surface area contributed by atoms with Crippen LogP contribution < -0.4 is 10.6 Å². The molecule has 2 N–H and O–H groups in total. The monoisotopic (exact) mass is 329 g/mol. The first-order valence-corrected chi connectivity index (χ1v) is 8.79. The summed E-state index contributed by atoms with van der Waals surface area (Å²) in [6.45, 7) is 4.98. The lowest BCUT2D eigenvalue weighted by Crippen LogP contribution is -2.30. The van der Waals surface area contributed by atoms with E-state index in [1.54, 1.807) is 18.0 Å². The van der Waals surface area contributed by atoms with Gasteiger partial charge in [-0.3, -0.25) is 0 Å². The maximum Gasteiger partial charge on any atom is 0.319 e. The van der Waals surface area contributed by atoms with Crippen molar-refractivity contribution in [3.05, 3.63) is 54.2 Å². The van der Waals surface area contributed by atoms with Crippen molar-refractivity contribution in [2.24, 2.45) is 5.92 Å². The fraction of sp³-hybridized carbons (Fsp3) is 0.333. The summed E-state index contributed by atoms with van der Waals surface area (Å²) in [5.41, 5.74) is 1.96. The van der Waals surface area contributed by atoms with Crippen LogP contribution in [0.4, 0.5) is 10.5 Å². The first-order chi connectivity index (χ1) is 11.1. The second-order valence-corrected chi connectivity index (χ2v) is 6.72. The van der Waals surface area contributed by atoms with Crippen LogP contribution in [0, 0.1) is 5.92 Å². The second-order valence-electron chi connectivity index (χ2n) is 5.72. The fourth-order valence-corrected chi connectivity index (χ4v) is 2.78. The van der Waals surface area contributed by atoms with Gasteiger partial charge >= 0.3 is 6.03 Å². The number of anilines is 1. The van der Waals surface area contributed by atoms with E-state index < -0.39 is 0 Å². The summed E-state index contributed by atoms with van der Waals surface area (Å²) < 4.78 is 0. The van der Waals surface area contributed by atoms with E-state index in [0.717, 1.165) is 28.5 Å². The number of aromatic nitrogens is 1. The highest BCUT2D eigenvalue weighted by Gasteiger charge is 2.03. The lowest BCUT2D eigenvalue weighted by molar-refractivity contribution is 0.251. The average Bonchev–Trinajstić information content (AvgIpc) is 2.54. The van der Waals surface area contributed by atoms with Gasteiger partial charge in [0.1, 0.15) is 0 Å². The van der Waals surface area contributed by atoms with Gasteiger partial charge in [0.05, 0.1) is 5.03 Å².